The predicted octanol–water partition coefficient (Wildman–Crippen LogP) is 1.95. The van der Waals surface area contributed by atoms with Gasteiger partial charge in [-0.15, -0.1) is 0 Å². The third-order valence-corrected chi connectivity index (χ3v) is 5.65. The Bertz CT molecular complexity index is 248. The van der Waals surface area contributed by atoms with Gasteiger partial charge in [-0.25, -0.2) is 0 Å². The molecule has 3 aliphatic heterocycles. The average molecular weight is 240 g/mol. The molecule has 3 heteroatoms. The number of fused-ring (bicyclic) bond motifs is 2. The fraction of sp³-hybridized carbons (Fsp3) is 1.00. The lowest BCUT2D eigenvalue weighted by Crippen LogP contribution is -2.44. The minimum atomic E-state index is 0.829. The van der Waals surface area contributed by atoms with Gasteiger partial charge in [-0.05, 0) is 25.2 Å². The Morgan fingerprint density at radius 2 is 1.94 bits per heavy atom. The van der Waals surface area contributed by atoms with Crippen molar-refractivity contribution in [3.8, 4) is 0 Å². The van der Waals surface area contributed by atoms with Gasteiger partial charge < -0.3 is 10.2 Å². The van der Waals surface area contributed by atoms with Crippen LogP contribution in [0.4, 0.5) is 0 Å². The molecular weight excluding hydrogens is 216 g/mol. The molecule has 92 valence electrons. The molecule has 0 aromatic carbocycles. The van der Waals surface area contributed by atoms with E-state index < -0.39 is 0 Å². The Kier molecular flexibility index (Phi) is 3.20. The zero-order valence-corrected chi connectivity index (χ0v) is 11.3. The third-order valence-electron chi connectivity index (χ3n) is 4.42. The molecule has 3 rings (SSSR count). The molecule has 2 nitrogen and oxygen atoms in total. The summed E-state index contributed by atoms with van der Waals surface area (Å²) in [6, 6.07) is 1.72. The first-order valence-electron chi connectivity index (χ1n) is 6.84. The summed E-state index contributed by atoms with van der Waals surface area (Å²) in [6.45, 7) is 8.73. The van der Waals surface area contributed by atoms with Gasteiger partial charge in [-0.1, -0.05) is 13.8 Å². The van der Waals surface area contributed by atoms with Crippen LogP contribution < -0.4 is 5.32 Å². The zero-order valence-electron chi connectivity index (χ0n) is 10.5. The second-order valence-electron chi connectivity index (χ2n) is 6.02. The molecule has 0 aromatic rings. The van der Waals surface area contributed by atoms with E-state index in [-0.39, 0.29) is 0 Å². The molecule has 1 N–H and O–H groups in total. The van der Waals surface area contributed by atoms with Crippen LogP contribution in [0.1, 0.15) is 33.1 Å². The highest BCUT2D eigenvalue weighted by molar-refractivity contribution is 8.00. The molecule has 0 saturated carbocycles. The first kappa shape index (κ1) is 11.4. The SMILES string of the molecule is CC1CN(CC2CC3CCC2N3)CC(C)S1. The summed E-state index contributed by atoms with van der Waals surface area (Å²) in [5.74, 6) is 0.946. The van der Waals surface area contributed by atoms with Gasteiger partial charge in [0.25, 0.3) is 0 Å². The number of hydrogen-bond donors (Lipinski definition) is 1. The Hall–Kier alpha value is 0.270. The first-order chi connectivity index (χ1) is 7.70. The Balaban J connectivity index is 1.54. The quantitative estimate of drug-likeness (QED) is 0.794. The second-order valence-corrected chi connectivity index (χ2v) is 7.90. The molecule has 0 amide bonds. The van der Waals surface area contributed by atoms with Crippen LogP contribution in [0, 0.1) is 5.92 Å². The smallest absolute Gasteiger partial charge is 0.0149 e. The van der Waals surface area contributed by atoms with E-state index in [4.69, 9.17) is 0 Å². The minimum Gasteiger partial charge on any atom is -0.311 e. The standard InChI is InChI=1S/C13H24N2S/c1-9-6-15(7-10(2)16-9)8-11-5-12-3-4-13(11)14-12/h9-14H,3-8H2,1-2H3. The fourth-order valence-corrected chi connectivity index (χ4v) is 5.29. The molecule has 0 radical (unpaired) electrons. The maximum atomic E-state index is 3.76. The molecule has 0 aromatic heterocycles. The van der Waals surface area contributed by atoms with Crippen LogP contribution in [-0.4, -0.2) is 47.1 Å². The van der Waals surface area contributed by atoms with Crippen molar-refractivity contribution < 1.29 is 0 Å². The van der Waals surface area contributed by atoms with Gasteiger partial charge in [-0.3, -0.25) is 0 Å². The van der Waals surface area contributed by atoms with Crippen LogP contribution in [-0.2, 0) is 0 Å². The van der Waals surface area contributed by atoms with Crippen molar-refractivity contribution in [1.82, 2.24) is 10.2 Å². The maximum absolute atomic E-state index is 3.76. The summed E-state index contributed by atoms with van der Waals surface area (Å²) in [4.78, 5) is 2.72. The lowest BCUT2D eigenvalue weighted by molar-refractivity contribution is 0.209. The Morgan fingerprint density at radius 1 is 1.19 bits per heavy atom. The van der Waals surface area contributed by atoms with E-state index in [2.05, 4.69) is 35.8 Å². The molecule has 3 saturated heterocycles. The normalized spacial score (nSPS) is 48.8. The fourth-order valence-electron chi connectivity index (χ4n) is 3.90. The van der Waals surface area contributed by atoms with Gasteiger partial charge in [-0.2, -0.15) is 11.8 Å². The number of thioether (sulfide) groups is 1. The molecule has 3 aliphatic rings. The van der Waals surface area contributed by atoms with Gasteiger partial charge in [0.1, 0.15) is 0 Å². The molecule has 16 heavy (non-hydrogen) atoms. The summed E-state index contributed by atoms with van der Waals surface area (Å²) in [7, 11) is 0. The van der Waals surface area contributed by atoms with Gasteiger partial charge in [0, 0.05) is 42.2 Å². The Labute approximate surface area is 104 Å². The van der Waals surface area contributed by atoms with Crippen molar-refractivity contribution >= 4 is 11.8 Å². The van der Waals surface area contributed by atoms with Crippen LogP contribution in [0.2, 0.25) is 0 Å². The van der Waals surface area contributed by atoms with Gasteiger partial charge in [0.2, 0.25) is 0 Å². The molecular formula is C13H24N2S. The van der Waals surface area contributed by atoms with Crippen LogP contribution >= 0.6 is 11.8 Å². The maximum Gasteiger partial charge on any atom is 0.0149 e. The van der Waals surface area contributed by atoms with Gasteiger partial charge in [0.05, 0.1) is 0 Å². The summed E-state index contributed by atoms with van der Waals surface area (Å²) < 4.78 is 0. The van der Waals surface area contributed by atoms with Crippen LogP contribution in [0.3, 0.4) is 0 Å². The minimum absolute atomic E-state index is 0.829. The van der Waals surface area contributed by atoms with Crippen molar-refractivity contribution in [1.29, 1.82) is 0 Å². The number of hydrogen-bond acceptors (Lipinski definition) is 3. The molecule has 2 bridgehead atoms. The van der Waals surface area contributed by atoms with E-state index in [1.807, 2.05) is 0 Å². The summed E-state index contributed by atoms with van der Waals surface area (Å²) >= 11 is 2.16. The largest absolute Gasteiger partial charge is 0.311 e. The lowest BCUT2D eigenvalue weighted by atomic mass is 9.88. The second kappa shape index (κ2) is 4.51. The third kappa shape index (κ3) is 2.27. The van der Waals surface area contributed by atoms with Gasteiger partial charge in [0.15, 0.2) is 0 Å². The number of nitrogens with zero attached hydrogens (tertiary/aromatic N) is 1. The van der Waals surface area contributed by atoms with Crippen molar-refractivity contribution in [3.05, 3.63) is 0 Å². The van der Waals surface area contributed by atoms with Crippen LogP contribution in [0.15, 0.2) is 0 Å². The molecule has 5 atom stereocenters. The van der Waals surface area contributed by atoms with E-state index >= 15 is 0 Å². The number of rotatable bonds is 2. The van der Waals surface area contributed by atoms with Crippen molar-refractivity contribution in [2.24, 2.45) is 5.92 Å². The van der Waals surface area contributed by atoms with Gasteiger partial charge >= 0.3 is 0 Å². The average Bonchev–Trinajstić information content (AvgIpc) is 2.77. The van der Waals surface area contributed by atoms with E-state index in [1.54, 1.807) is 0 Å². The highest BCUT2D eigenvalue weighted by Gasteiger charge is 2.40. The van der Waals surface area contributed by atoms with Crippen LogP contribution in [0.25, 0.3) is 0 Å². The molecule has 5 unspecified atom stereocenters. The zero-order chi connectivity index (χ0) is 11.1. The molecule has 0 spiro atoms. The highest BCUT2D eigenvalue weighted by Crippen LogP contribution is 2.35. The van der Waals surface area contributed by atoms with Crippen LogP contribution in [0.5, 0.6) is 0 Å². The molecule has 0 aliphatic carbocycles. The number of nitrogens with one attached hydrogen (secondary N) is 1. The van der Waals surface area contributed by atoms with E-state index in [0.717, 1.165) is 28.5 Å². The summed E-state index contributed by atoms with van der Waals surface area (Å²) in [5.41, 5.74) is 0. The highest BCUT2D eigenvalue weighted by atomic mass is 32.2. The summed E-state index contributed by atoms with van der Waals surface area (Å²) in [6.07, 6.45) is 4.31. The van der Waals surface area contributed by atoms with E-state index in [9.17, 15) is 0 Å². The monoisotopic (exact) mass is 240 g/mol. The Morgan fingerprint density at radius 3 is 2.50 bits per heavy atom. The van der Waals surface area contributed by atoms with Crippen molar-refractivity contribution in [2.75, 3.05) is 19.6 Å². The molecule has 3 fully saturated rings. The molecule has 3 heterocycles. The lowest BCUT2D eigenvalue weighted by Gasteiger charge is -2.37. The van der Waals surface area contributed by atoms with Crippen molar-refractivity contribution in [3.63, 3.8) is 0 Å². The first-order valence-corrected chi connectivity index (χ1v) is 7.79. The predicted molar refractivity (Wildman–Crippen MR) is 71.0 cm³/mol. The van der Waals surface area contributed by atoms with E-state index in [0.29, 0.717) is 0 Å². The van der Waals surface area contributed by atoms with E-state index in [1.165, 1.54) is 38.9 Å². The topological polar surface area (TPSA) is 15.3 Å². The van der Waals surface area contributed by atoms with Crippen molar-refractivity contribution in [2.45, 2.75) is 55.7 Å². The summed E-state index contributed by atoms with van der Waals surface area (Å²) in [5, 5.41) is 5.42.